The Kier molecular flexibility index (Phi) is 6.73. The molecule has 90 valence electrons. The maximum atomic E-state index is 11.5. The average Bonchev–Trinajstić information content (AvgIpc) is 2.74. The van der Waals surface area contributed by atoms with Gasteiger partial charge in [0.15, 0.2) is 0 Å². The molecule has 1 aromatic rings. The van der Waals surface area contributed by atoms with Crippen LogP contribution in [-0.4, -0.2) is 11.2 Å². The summed E-state index contributed by atoms with van der Waals surface area (Å²) < 4.78 is 0. The van der Waals surface area contributed by atoms with E-state index in [0.717, 1.165) is 24.6 Å². The number of unbranched alkanes of at least 4 members (excludes halogenated alkanes) is 1. The summed E-state index contributed by atoms with van der Waals surface area (Å²) in [7, 11) is 0. The van der Waals surface area contributed by atoms with Crippen LogP contribution in [-0.2, 0) is 17.8 Å². The zero-order valence-electron chi connectivity index (χ0n) is 9.59. The van der Waals surface area contributed by atoms with Crippen molar-refractivity contribution in [2.24, 2.45) is 0 Å². The molecular weight excluding hydrogens is 286 g/mol. The van der Waals surface area contributed by atoms with Crippen LogP contribution < -0.4 is 5.32 Å². The van der Waals surface area contributed by atoms with Gasteiger partial charge in [0, 0.05) is 16.6 Å². The lowest BCUT2D eigenvalue weighted by atomic mass is 10.2. The van der Waals surface area contributed by atoms with E-state index < -0.39 is 0 Å². The first kappa shape index (κ1) is 13.7. The summed E-state index contributed by atoms with van der Waals surface area (Å²) in [5.41, 5.74) is 1.35. The Morgan fingerprint density at radius 1 is 1.50 bits per heavy atom. The first-order chi connectivity index (χ1) is 7.77. The first-order valence-electron chi connectivity index (χ1n) is 5.65. The SMILES string of the molecule is CCc1ccsc1CNC(=O)CCCCBr. The van der Waals surface area contributed by atoms with Gasteiger partial charge in [0.1, 0.15) is 0 Å². The summed E-state index contributed by atoms with van der Waals surface area (Å²) in [6.45, 7) is 2.83. The van der Waals surface area contributed by atoms with Gasteiger partial charge in [0.05, 0.1) is 6.54 Å². The lowest BCUT2D eigenvalue weighted by Crippen LogP contribution is -2.22. The maximum Gasteiger partial charge on any atom is 0.220 e. The van der Waals surface area contributed by atoms with Gasteiger partial charge in [-0.2, -0.15) is 0 Å². The van der Waals surface area contributed by atoms with Crippen LogP contribution in [0.4, 0.5) is 0 Å². The molecule has 0 aliphatic rings. The predicted octanol–water partition coefficient (Wildman–Crippen LogP) is 3.49. The van der Waals surface area contributed by atoms with Gasteiger partial charge >= 0.3 is 0 Å². The van der Waals surface area contributed by atoms with Crippen LogP contribution in [0.5, 0.6) is 0 Å². The van der Waals surface area contributed by atoms with Crippen LogP contribution >= 0.6 is 27.3 Å². The highest BCUT2D eigenvalue weighted by molar-refractivity contribution is 9.09. The number of rotatable bonds is 7. The zero-order valence-corrected chi connectivity index (χ0v) is 12.0. The Labute approximate surface area is 110 Å². The van der Waals surface area contributed by atoms with E-state index in [2.05, 4.69) is 39.6 Å². The molecule has 0 bridgehead atoms. The second-order valence-electron chi connectivity index (χ2n) is 3.65. The van der Waals surface area contributed by atoms with Crippen molar-refractivity contribution >= 4 is 33.2 Å². The van der Waals surface area contributed by atoms with Gasteiger partial charge in [0.25, 0.3) is 0 Å². The van der Waals surface area contributed by atoms with Gasteiger partial charge in [0.2, 0.25) is 5.91 Å². The molecular formula is C12H18BrNOS. The van der Waals surface area contributed by atoms with Crippen molar-refractivity contribution in [3.8, 4) is 0 Å². The monoisotopic (exact) mass is 303 g/mol. The van der Waals surface area contributed by atoms with E-state index in [4.69, 9.17) is 0 Å². The molecule has 0 unspecified atom stereocenters. The highest BCUT2D eigenvalue weighted by Gasteiger charge is 2.05. The largest absolute Gasteiger partial charge is 0.351 e. The molecule has 0 fully saturated rings. The highest BCUT2D eigenvalue weighted by atomic mass is 79.9. The van der Waals surface area contributed by atoms with E-state index >= 15 is 0 Å². The van der Waals surface area contributed by atoms with E-state index in [0.29, 0.717) is 13.0 Å². The minimum Gasteiger partial charge on any atom is -0.351 e. The summed E-state index contributed by atoms with van der Waals surface area (Å²) in [5, 5.41) is 6.04. The lowest BCUT2D eigenvalue weighted by Gasteiger charge is -2.05. The maximum absolute atomic E-state index is 11.5. The lowest BCUT2D eigenvalue weighted by molar-refractivity contribution is -0.121. The number of amides is 1. The first-order valence-corrected chi connectivity index (χ1v) is 7.66. The molecule has 0 saturated carbocycles. The molecule has 1 amide bonds. The fourth-order valence-electron chi connectivity index (χ4n) is 1.48. The minimum absolute atomic E-state index is 0.163. The molecule has 1 N–H and O–H groups in total. The number of alkyl halides is 1. The number of thiophene rings is 1. The average molecular weight is 304 g/mol. The molecule has 0 aliphatic carbocycles. The van der Waals surface area contributed by atoms with Gasteiger partial charge in [-0.1, -0.05) is 22.9 Å². The van der Waals surface area contributed by atoms with Crippen LogP contribution in [0.2, 0.25) is 0 Å². The normalized spacial score (nSPS) is 10.4. The van der Waals surface area contributed by atoms with Crippen LogP contribution in [0.25, 0.3) is 0 Å². The minimum atomic E-state index is 0.163. The summed E-state index contributed by atoms with van der Waals surface area (Å²) in [6.07, 6.45) is 3.70. The van der Waals surface area contributed by atoms with Crippen LogP contribution in [0.1, 0.15) is 36.6 Å². The molecule has 0 aromatic carbocycles. The highest BCUT2D eigenvalue weighted by Crippen LogP contribution is 2.16. The van der Waals surface area contributed by atoms with Crippen molar-refractivity contribution in [1.82, 2.24) is 5.32 Å². The van der Waals surface area contributed by atoms with Gasteiger partial charge in [-0.25, -0.2) is 0 Å². The second-order valence-corrected chi connectivity index (χ2v) is 5.44. The number of carbonyl (C=O) groups is 1. The number of aryl methyl sites for hydroxylation is 1. The topological polar surface area (TPSA) is 29.1 Å². The van der Waals surface area contributed by atoms with Gasteiger partial charge < -0.3 is 5.32 Å². The molecule has 1 heterocycles. The van der Waals surface area contributed by atoms with Crippen LogP contribution in [0.15, 0.2) is 11.4 Å². The number of hydrogen-bond donors (Lipinski definition) is 1. The molecule has 0 saturated heterocycles. The van der Waals surface area contributed by atoms with E-state index in [1.54, 1.807) is 11.3 Å². The summed E-state index contributed by atoms with van der Waals surface area (Å²) in [6, 6.07) is 2.14. The molecule has 2 nitrogen and oxygen atoms in total. The summed E-state index contributed by atoms with van der Waals surface area (Å²) in [5.74, 6) is 0.163. The standard InChI is InChI=1S/C12H18BrNOS/c1-2-10-6-8-16-11(10)9-14-12(15)5-3-4-7-13/h6,8H,2-5,7,9H2,1H3,(H,14,15). The number of halogens is 1. The Balaban J connectivity index is 2.26. The van der Waals surface area contributed by atoms with Crippen molar-refractivity contribution in [1.29, 1.82) is 0 Å². The Hall–Kier alpha value is -0.350. The third kappa shape index (κ3) is 4.66. The predicted molar refractivity (Wildman–Crippen MR) is 73.2 cm³/mol. The van der Waals surface area contributed by atoms with Crippen LogP contribution in [0.3, 0.4) is 0 Å². The molecule has 0 atom stereocenters. The van der Waals surface area contributed by atoms with Crippen molar-refractivity contribution in [2.75, 3.05) is 5.33 Å². The molecule has 0 spiro atoms. The third-order valence-corrected chi connectivity index (χ3v) is 3.98. The molecule has 1 rings (SSSR count). The van der Waals surface area contributed by atoms with E-state index in [-0.39, 0.29) is 5.91 Å². The Bertz CT molecular complexity index is 325. The quantitative estimate of drug-likeness (QED) is 0.606. The Morgan fingerprint density at radius 3 is 3.00 bits per heavy atom. The number of carbonyl (C=O) groups excluding carboxylic acids is 1. The van der Waals surface area contributed by atoms with Crippen molar-refractivity contribution in [3.63, 3.8) is 0 Å². The van der Waals surface area contributed by atoms with E-state index in [1.807, 2.05) is 0 Å². The van der Waals surface area contributed by atoms with Crippen LogP contribution in [0, 0.1) is 0 Å². The summed E-state index contributed by atoms with van der Waals surface area (Å²) in [4.78, 5) is 12.8. The zero-order chi connectivity index (χ0) is 11.8. The summed E-state index contributed by atoms with van der Waals surface area (Å²) >= 11 is 5.08. The second kappa shape index (κ2) is 7.85. The Morgan fingerprint density at radius 2 is 2.31 bits per heavy atom. The fraction of sp³-hybridized carbons (Fsp3) is 0.583. The smallest absolute Gasteiger partial charge is 0.220 e. The number of nitrogens with one attached hydrogen (secondary N) is 1. The van der Waals surface area contributed by atoms with Crippen molar-refractivity contribution < 1.29 is 4.79 Å². The fourth-order valence-corrected chi connectivity index (χ4v) is 2.80. The molecule has 1 aromatic heterocycles. The molecule has 4 heteroatoms. The van der Waals surface area contributed by atoms with Crippen molar-refractivity contribution in [3.05, 3.63) is 21.9 Å². The van der Waals surface area contributed by atoms with E-state index in [1.165, 1.54) is 10.4 Å². The third-order valence-electron chi connectivity index (χ3n) is 2.45. The van der Waals surface area contributed by atoms with E-state index in [9.17, 15) is 4.79 Å². The van der Waals surface area contributed by atoms with Crippen molar-refractivity contribution in [2.45, 2.75) is 39.2 Å². The van der Waals surface area contributed by atoms with Gasteiger partial charge in [-0.15, -0.1) is 11.3 Å². The molecule has 0 aliphatic heterocycles. The van der Waals surface area contributed by atoms with Gasteiger partial charge in [-0.05, 0) is 36.3 Å². The molecule has 16 heavy (non-hydrogen) atoms. The van der Waals surface area contributed by atoms with Gasteiger partial charge in [-0.3, -0.25) is 4.79 Å². The number of hydrogen-bond acceptors (Lipinski definition) is 2. The molecule has 0 radical (unpaired) electrons.